The highest BCUT2D eigenvalue weighted by molar-refractivity contribution is 7.86. The second-order valence-electron chi connectivity index (χ2n) is 6.35. The Balaban J connectivity index is 1.75. The van der Waals surface area contributed by atoms with E-state index in [1.807, 2.05) is 0 Å². The van der Waals surface area contributed by atoms with Gasteiger partial charge in [-0.1, -0.05) is 0 Å². The Morgan fingerprint density at radius 2 is 2.10 bits per heavy atom. The average Bonchev–Trinajstić information content (AvgIpc) is 2.76. The molecule has 0 aromatic rings. The van der Waals surface area contributed by atoms with Gasteiger partial charge in [0.25, 0.3) is 0 Å². The van der Waals surface area contributed by atoms with Gasteiger partial charge in [0, 0.05) is 5.92 Å². The van der Waals surface area contributed by atoms with Crippen LogP contribution in [0.3, 0.4) is 0 Å². The molecule has 6 atom stereocenters. The van der Waals surface area contributed by atoms with Crippen LogP contribution in [0, 0.1) is 17.8 Å². The lowest BCUT2D eigenvalue weighted by Gasteiger charge is -2.33. The monoisotopic (exact) mass is 324 g/mol. The molecule has 4 aliphatic carbocycles. The first-order chi connectivity index (χ1) is 9.80. The largest absolute Gasteiger partial charge is 0.453 e. The number of aliphatic hydroxyl groups is 2. The quantitative estimate of drug-likeness (QED) is 0.716. The van der Waals surface area contributed by atoms with Gasteiger partial charge in [0.1, 0.15) is 16.4 Å². The molecule has 0 aromatic heterocycles. The summed E-state index contributed by atoms with van der Waals surface area (Å²) in [5.41, 5.74) is -1.02. The van der Waals surface area contributed by atoms with Crippen LogP contribution in [0.15, 0.2) is 0 Å². The number of hydrogen-bond donors (Lipinski definition) is 2. The molecule has 0 aromatic carbocycles. The highest BCUT2D eigenvalue weighted by Crippen LogP contribution is 2.62. The number of alkyl halides is 2. The number of carbonyl (C=O) groups is 1. The van der Waals surface area contributed by atoms with E-state index < -0.39 is 46.1 Å². The molecule has 4 bridgehead atoms. The van der Waals surface area contributed by atoms with Crippen LogP contribution in [0.25, 0.3) is 0 Å². The molecule has 4 fully saturated rings. The minimum absolute atomic E-state index is 0.00635. The zero-order valence-corrected chi connectivity index (χ0v) is 12.2. The third kappa shape index (κ3) is 2.22. The van der Waals surface area contributed by atoms with Crippen LogP contribution in [-0.2, 0) is 20.3 Å². The maximum Gasteiger partial charge on any atom is 0.415 e. The summed E-state index contributed by atoms with van der Waals surface area (Å²) in [6, 6.07) is 0. The predicted octanol–water partition coefficient (Wildman–Crippen LogP) is 0.413. The highest BCUT2D eigenvalue weighted by Gasteiger charge is 2.66. The fourth-order valence-corrected chi connectivity index (χ4v) is 5.06. The highest BCUT2D eigenvalue weighted by atomic mass is 32.2. The van der Waals surface area contributed by atoms with Crippen molar-refractivity contribution in [2.24, 2.45) is 17.8 Å². The van der Waals surface area contributed by atoms with E-state index in [9.17, 15) is 22.9 Å². The van der Waals surface area contributed by atoms with E-state index in [1.165, 1.54) is 0 Å². The van der Waals surface area contributed by atoms with E-state index in [0.717, 1.165) is 6.42 Å². The Morgan fingerprint density at radius 3 is 2.76 bits per heavy atom. The van der Waals surface area contributed by atoms with Gasteiger partial charge in [0.2, 0.25) is 0 Å². The van der Waals surface area contributed by atoms with Gasteiger partial charge < -0.3 is 14.9 Å². The third-order valence-corrected chi connectivity index (χ3v) is 6.42. The molecule has 4 aliphatic rings. The van der Waals surface area contributed by atoms with Gasteiger partial charge in [-0.25, -0.2) is 4.79 Å². The Labute approximate surface area is 123 Å². The van der Waals surface area contributed by atoms with E-state index in [1.54, 1.807) is 0 Å². The summed E-state index contributed by atoms with van der Waals surface area (Å²) in [5, 5.41) is 14.6. The minimum atomic E-state index is -4.12. The second-order valence-corrected chi connectivity index (χ2v) is 7.96. The van der Waals surface area contributed by atoms with Gasteiger partial charge in [0.05, 0.1) is 18.5 Å². The summed E-state index contributed by atoms with van der Waals surface area (Å²) in [6.07, 6.45) is 1.84. The lowest BCUT2D eigenvalue weighted by Crippen LogP contribution is -2.45. The van der Waals surface area contributed by atoms with E-state index in [4.69, 9.17) is 9.84 Å². The summed E-state index contributed by atoms with van der Waals surface area (Å²) in [4.78, 5) is 11.8. The number of esters is 1. The lowest BCUT2D eigenvalue weighted by molar-refractivity contribution is -0.181. The van der Waals surface area contributed by atoms with E-state index in [-0.39, 0.29) is 11.8 Å². The Morgan fingerprint density at radius 1 is 1.38 bits per heavy atom. The number of ether oxygens (including phenoxy) is 1. The summed E-state index contributed by atoms with van der Waals surface area (Å²) < 4.78 is 44.0. The fraction of sp³-hybridized carbons (Fsp3) is 0.923. The molecule has 4 rings (SSSR count). The number of rotatable bonds is 5. The zero-order chi connectivity index (χ0) is 15.4. The van der Waals surface area contributed by atoms with Gasteiger partial charge in [-0.3, -0.25) is 4.21 Å². The van der Waals surface area contributed by atoms with Gasteiger partial charge in [-0.15, -0.1) is 0 Å². The number of halogens is 2. The first-order valence-corrected chi connectivity index (χ1v) is 8.41. The van der Waals surface area contributed by atoms with Crippen LogP contribution < -0.4 is 0 Å². The maximum absolute atomic E-state index is 13.8. The number of hydrogen-bond acceptors (Lipinski definition) is 5. The Kier molecular flexibility index (Phi) is 3.61. The molecular weight excluding hydrogens is 306 g/mol. The summed E-state index contributed by atoms with van der Waals surface area (Å²) >= 11 is 0. The van der Waals surface area contributed by atoms with Crippen molar-refractivity contribution in [3.05, 3.63) is 0 Å². The second kappa shape index (κ2) is 4.96. The Bertz CT molecular complexity index is 485. The van der Waals surface area contributed by atoms with Crippen LogP contribution in [0.2, 0.25) is 0 Å². The molecule has 120 valence electrons. The van der Waals surface area contributed by atoms with Crippen LogP contribution in [0.4, 0.5) is 8.78 Å². The van der Waals surface area contributed by atoms with Crippen LogP contribution in [-0.4, -0.2) is 49.7 Å². The van der Waals surface area contributed by atoms with Crippen molar-refractivity contribution < 1.29 is 32.7 Å². The smallest absolute Gasteiger partial charge is 0.415 e. The van der Waals surface area contributed by atoms with Gasteiger partial charge >= 0.3 is 11.2 Å². The van der Waals surface area contributed by atoms with E-state index in [0.29, 0.717) is 25.2 Å². The van der Waals surface area contributed by atoms with Crippen LogP contribution in [0.1, 0.15) is 25.7 Å². The fourth-order valence-electron chi connectivity index (χ4n) is 4.41. The zero-order valence-electron chi connectivity index (χ0n) is 11.3. The molecule has 0 saturated heterocycles. The van der Waals surface area contributed by atoms with Crippen molar-refractivity contribution in [3.8, 4) is 0 Å². The summed E-state index contributed by atoms with van der Waals surface area (Å²) in [7, 11) is -2.80. The van der Waals surface area contributed by atoms with Crippen molar-refractivity contribution >= 4 is 16.8 Å². The molecule has 4 saturated carbocycles. The molecule has 0 radical (unpaired) electrons. The maximum atomic E-state index is 13.8. The number of carbonyl (C=O) groups excluding carboxylic acids is 1. The standard InChI is InChI=1S/C13H18F2O5S/c14-13(15,21(19)2-1-16)11(18)20-12-5-7-3-8(6-12)10(17)9(12)4-7/h7-10,16-17H,1-6H2. The predicted molar refractivity (Wildman–Crippen MR) is 68.8 cm³/mol. The first-order valence-electron chi connectivity index (χ1n) is 7.09. The molecule has 0 amide bonds. The van der Waals surface area contributed by atoms with Crippen molar-refractivity contribution in [1.82, 2.24) is 0 Å². The first kappa shape index (κ1) is 15.3. The molecule has 0 aliphatic heterocycles. The molecule has 8 heteroatoms. The van der Waals surface area contributed by atoms with Gasteiger partial charge in [-0.2, -0.15) is 8.78 Å². The molecule has 6 unspecified atom stereocenters. The summed E-state index contributed by atoms with van der Waals surface area (Å²) in [5.74, 6) is -2.44. The Hall–Kier alpha value is -0.600. The SMILES string of the molecule is O=C(OC12CC3CC(C1)C(O)C2C3)C(F)(F)S(=O)CCO. The minimum Gasteiger partial charge on any atom is -0.453 e. The number of aliphatic hydroxyl groups excluding tert-OH is 2. The van der Waals surface area contributed by atoms with E-state index in [2.05, 4.69) is 0 Å². The molecular formula is C13H18F2O5S. The molecule has 5 nitrogen and oxygen atoms in total. The lowest BCUT2D eigenvalue weighted by atomic mass is 9.80. The molecule has 0 spiro atoms. The van der Waals surface area contributed by atoms with Crippen molar-refractivity contribution in [2.45, 2.75) is 42.6 Å². The summed E-state index contributed by atoms with van der Waals surface area (Å²) in [6.45, 7) is -0.688. The van der Waals surface area contributed by atoms with Gasteiger partial charge in [-0.05, 0) is 37.5 Å². The average molecular weight is 324 g/mol. The van der Waals surface area contributed by atoms with Crippen molar-refractivity contribution in [3.63, 3.8) is 0 Å². The van der Waals surface area contributed by atoms with Crippen LogP contribution in [0.5, 0.6) is 0 Å². The third-order valence-electron chi connectivity index (χ3n) is 5.13. The molecule has 21 heavy (non-hydrogen) atoms. The molecule has 2 N–H and O–H groups in total. The van der Waals surface area contributed by atoms with Crippen molar-refractivity contribution in [2.75, 3.05) is 12.4 Å². The topological polar surface area (TPSA) is 83.8 Å². The van der Waals surface area contributed by atoms with Crippen LogP contribution >= 0.6 is 0 Å². The molecule has 0 heterocycles. The van der Waals surface area contributed by atoms with Crippen molar-refractivity contribution in [1.29, 1.82) is 0 Å². The van der Waals surface area contributed by atoms with Gasteiger partial charge in [0.15, 0.2) is 0 Å². The normalized spacial score (nSPS) is 42.3. The van der Waals surface area contributed by atoms with E-state index >= 15 is 0 Å².